The van der Waals surface area contributed by atoms with Gasteiger partial charge in [-0.1, -0.05) is 6.07 Å². The van der Waals surface area contributed by atoms with E-state index < -0.39 is 6.09 Å². The number of hydrogen-bond donors (Lipinski definition) is 0. The predicted molar refractivity (Wildman–Crippen MR) is 55.7 cm³/mol. The van der Waals surface area contributed by atoms with Gasteiger partial charge in [0.2, 0.25) is 0 Å². The van der Waals surface area contributed by atoms with Crippen LogP contribution in [-0.4, -0.2) is 29.9 Å². The predicted octanol–water partition coefficient (Wildman–Crippen LogP) is 1.66. The number of carbonyl (C=O) groups excluding carboxylic acids is 2. The first-order chi connectivity index (χ1) is 7.25. The lowest BCUT2D eigenvalue weighted by atomic mass is 10.4. The van der Waals surface area contributed by atoms with Gasteiger partial charge < -0.3 is 9.64 Å². The zero-order valence-electron chi connectivity index (χ0n) is 8.14. The standard InChI is InChI=1S/C10H11NO3S/c12-8-3-4-11(6-8)10(13)14-7-9-2-1-5-15-9/h1-2,5H,3-4,6-7H2. The smallest absolute Gasteiger partial charge is 0.410 e. The van der Waals surface area contributed by atoms with Crippen LogP contribution in [-0.2, 0) is 16.1 Å². The number of hydrogen-bond acceptors (Lipinski definition) is 4. The van der Waals surface area contributed by atoms with Crippen LogP contribution in [0.3, 0.4) is 0 Å². The number of Topliss-reactive ketones (excluding diaryl/α,β-unsaturated/α-hetero) is 1. The van der Waals surface area contributed by atoms with Crippen LogP contribution in [0.1, 0.15) is 11.3 Å². The molecule has 0 bridgehead atoms. The van der Waals surface area contributed by atoms with Crippen LogP contribution in [0, 0.1) is 0 Å². The Morgan fingerprint density at radius 1 is 1.60 bits per heavy atom. The number of ether oxygens (including phenoxy) is 1. The van der Waals surface area contributed by atoms with Gasteiger partial charge in [-0.2, -0.15) is 0 Å². The lowest BCUT2D eigenvalue weighted by molar-refractivity contribution is -0.116. The second kappa shape index (κ2) is 4.44. The molecule has 15 heavy (non-hydrogen) atoms. The zero-order chi connectivity index (χ0) is 10.7. The molecular formula is C10H11NO3S. The summed E-state index contributed by atoms with van der Waals surface area (Å²) in [4.78, 5) is 24.8. The summed E-state index contributed by atoms with van der Waals surface area (Å²) in [7, 11) is 0. The number of rotatable bonds is 2. The summed E-state index contributed by atoms with van der Waals surface area (Å²) >= 11 is 1.55. The molecule has 2 heterocycles. The van der Waals surface area contributed by atoms with Gasteiger partial charge in [0.1, 0.15) is 6.61 Å². The molecule has 5 heteroatoms. The first kappa shape index (κ1) is 10.2. The zero-order valence-corrected chi connectivity index (χ0v) is 8.96. The molecule has 4 nitrogen and oxygen atoms in total. The van der Waals surface area contributed by atoms with E-state index in [2.05, 4.69) is 0 Å². The summed E-state index contributed by atoms with van der Waals surface area (Å²) in [5, 5.41) is 1.93. The molecule has 1 aliphatic rings. The number of likely N-dealkylation sites (tertiary alicyclic amines) is 1. The van der Waals surface area contributed by atoms with E-state index in [1.807, 2.05) is 17.5 Å². The third-order valence-corrected chi connectivity index (χ3v) is 3.05. The summed E-state index contributed by atoms with van der Waals surface area (Å²) in [6.45, 7) is 0.979. The van der Waals surface area contributed by atoms with Crippen LogP contribution in [0.15, 0.2) is 17.5 Å². The SMILES string of the molecule is O=C1CCN(C(=O)OCc2cccs2)C1. The average molecular weight is 225 g/mol. The molecule has 0 N–H and O–H groups in total. The van der Waals surface area contributed by atoms with Gasteiger partial charge in [-0.25, -0.2) is 4.79 Å². The maximum Gasteiger partial charge on any atom is 0.410 e. The van der Waals surface area contributed by atoms with Crippen molar-refractivity contribution in [3.8, 4) is 0 Å². The van der Waals surface area contributed by atoms with Gasteiger partial charge in [0.25, 0.3) is 0 Å². The van der Waals surface area contributed by atoms with Gasteiger partial charge in [-0.3, -0.25) is 4.79 Å². The Hall–Kier alpha value is -1.36. The largest absolute Gasteiger partial charge is 0.444 e. The summed E-state index contributed by atoms with van der Waals surface area (Å²) in [6, 6.07) is 3.82. The van der Waals surface area contributed by atoms with Crippen LogP contribution < -0.4 is 0 Å². The molecule has 0 aliphatic carbocycles. The van der Waals surface area contributed by atoms with Crippen molar-refractivity contribution in [3.63, 3.8) is 0 Å². The molecule has 1 saturated heterocycles. The topological polar surface area (TPSA) is 46.6 Å². The molecule has 1 fully saturated rings. The number of nitrogens with zero attached hydrogens (tertiary/aromatic N) is 1. The molecule has 1 aromatic heterocycles. The molecule has 1 aromatic rings. The average Bonchev–Trinajstić information content (AvgIpc) is 2.84. The van der Waals surface area contributed by atoms with Crippen molar-refractivity contribution in [3.05, 3.63) is 22.4 Å². The highest BCUT2D eigenvalue weighted by molar-refractivity contribution is 7.09. The van der Waals surface area contributed by atoms with Gasteiger partial charge in [-0.05, 0) is 11.4 Å². The van der Waals surface area contributed by atoms with Gasteiger partial charge in [0.15, 0.2) is 5.78 Å². The summed E-state index contributed by atoms with van der Waals surface area (Å²) in [6.07, 6.45) is 0.0583. The molecule has 0 radical (unpaired) electrons. The van der Waals surface area contributed by atoms with Gasteiger partial charge >= 0.3 is 6.09 Å². The molecule has 2 rings (SSSR count). The summed E-state index contributed by atoms with van der Waals surface area (Å²) in [5.74, 6) is 0.100. The minimum atomic E-state index is -0.394. The molecule has 0 aromatic carbocycles. The quantitative estimate of drug-likeness (QED) is 0.769. The van der Waals surface area contributed by atoms with Crippen molar-refractivity contribution in [2.75, 3.05) is 13.1 Å². The van der Waals surface area contributed by atoms with Crippen molar-refractivity contribution in [2.45, 2.75) is 13.0 Å². The normalized spacial score (nSPS) is 15.7. The lowest BCUT2D eigenvalue weighted by Gasteiger charge is -2.13. The van der Waals surface area contributed by atoms with Gasteiger partial charge in [-0.15, -0.1) is 11.3 Å². The summed E-state index contributed by atoms with van der Waals surface area (Å²) < 4.78 is 5.06. The van der Waals surface area contributed by atoms with Gasteiger partial charge in [0.05, 0.1) is 6.54 Å². The molecule has 1 aliphatic heterocycles. The first-order valence-electron chi connectivity index (χ1n) is 4.71. The second-order valence-corrected chi connectivity index (χ2v) is 4.38. The third kappa shape index (κ3) is 2.56. The van der Waals surface area contributed by atoms with Crippen LogP contribution in [0.2, 0.25) is 0 Å². The van der Waals surface area contributed by atoms with E-state index in [0.29, 0.717) is 19.6 Å². The van der Waals surface area contributed by atoms with E-state index in [4.69, 9.17) is 4.74 Å². The van der Waals surface area contributed by atoms with Crippen LogP contribution in [0.4, 0.5) is 4.79 Å². The fourth-order valence-electron chi connectivity index (χ4n) is 1.41. The van der Waals surface area contributed by atoms with E-state index in [0.717, 1.165) is 4.88 Å². The highest BCUT2D eigenvalue weighted by atomic mass is 32.1. The Morgan fingerprint density at radius 3 is 3.07 bits per heavy atom. The van der Waals surface area contributed by atoms with Crippen molar-refractivity contribution >= 4 is 23.2 Å². The van der Waals surface area contributed by atoms with Crippen molar-refractivity contribution in [1.82, 2.24) is 4.90 Å². The van der Waals surface area contributed by atoms with Crippen molar-refractivity contribution < 1.29 is 14.3 Å². The minimum absolute atomic E-state index is 0.100. The number of carbonyl (C=O) groups is 2. The van der Waals surface area contributed by atoms with Crippen molar-refractivity contribution in [1.29, 1.82) is 0 Å². The van der Waals surface area contributed by atoms with Crippen LogP contribution in [0.5, 0.6) is 0 Å². The monoisotopic (exact) mass is 225 g/mol. The molecule has 0 atom stereocenters. The van der Waals surface area contributed by atoms with Crippen LogP contribution >= 0.6 is 11.3 Å². The van der Waals surface area contributed by atoms with Crippen molar-refractivity contribution in [2.24, 2.45) is 0 Å². The van der Waals surface area contributed by atoms with E-state index in [1.54, 1.807) is 11.3 Å². The number of ketones is 1. The highest BCUT2D eigenvalue weighted by Gasteiger charge is 2.24. The summed E-state index contributed by atoms with van der Waals surface area (Å²) in [5.41, 5.74) is 0. The minimum Gasteiger partial charge on any atom is -0.444 e. The van der Waals surface area contributed by atoms with Crippen LogP contribution in [0.25, 0.3) is 0 Å². The third-order valence-electron chi connectivity index (χ3n) is 2.20. The molecule has 80 valence electrons. The fourth-order valence-corrected chi connectivity index (χ4v) is 2.02. The van der Waals surface area contributed by atoms with Gasteiger partial charge in [0, 0.05) is 17.8 Å². The Bertz CT molecular complexity index is 361. The Labute approximate surface area is 91.5 Å². The Balaban J connectivity index is 1.80. The van der Waals surface area contributed by atoms with E-state index >= 15 is 0 Å². The number of amides is 1. The maximum atomic E-state index is 11.4. The maximum absolute atomic E-state index is 11.4. The number of thiophene rings is 1. The lowest BCUT2D eigenvalue weighted by Crippen LogP contribution is -2.29. The molecule has 0 saturated carbocycles. The Kier molecular flexibility index (Phi) is 3.01. The molecule has 0 unspecified atom stereocenters. The highest BCUT2D eigenvalue weighted by Crippen LogP contribution is 2.12. The fraction of sp³-hybridized carbons (Fsp3) is 0.400. The van der Waals surface area contributed by atoms with E-state index in [-0.39, 0.29) is 12.3 Å². The first-order valence-corrected chi connectivity index (χ1v) is 5.59. The van der Waals surface area contributed by atoms with E-state index in [1.165, 1.54) is 4.90 Å². The van der Waals surface area contributed by atoms with E-state index in [9.17, 15) is 9.59 Å². The molecule has 1 amide bonds. The second-order valence-electron chi connectivity index (χ2n) is 3.34. The molecular weight excluding hydrogens is 214 g/mol. The molecule has 0 spiro atoms. The Morgan fingerprint density at radius 2 is 2.47 bits per heavy atom.